The van der Waals surface area contributed by atoms with Gasteiger partial charge in [0.15, 0.2) is 0 Å². The summed E-state index contributed by atoms with van der Waals surface area (Å²) in [4.78, 5) is 1.15. The fourth-order valence-electron chi connectivity index (χ4n) is 2.34. The van der Waals surface area contributed by atoms with Crippen molar-refractivity contribution in [1.29, 1.82) is 0 Å². The minimum Gasteiger partial charge on any atom is -0.399 e. The SMILES string of the molecule is C=C(N)c1c(C)cc(N2CCC2C(F)(F)F)cc1F. The molecule has 0 spiro atoms. The molecule has 1 aromatic carbocycles. The summed E-state index contributed by atoms with van der Waals surface area (Å²) in [7, 11) is 0. The van der Waals surface area contributed by atoms with Crippen molar-refractivity contribution >= 4 is 11.4 Å². The Bertz CT molecular complexity index is 499. The first-order chi connectivity index (χ1) is 8.71. The highest BCUT2D eigenvalue weighted by Gasteiger charge is 2.48. The van der Waals surface area contributed by atoms with Crippen LogP contribution < -0.4 is 10.6 Å². The molecule has 1 aliphatic heterocycles. The molecule has 0 saturated carbocycles. The maximum atomic E-state index is 13.9. The molecule has 1 fully saturated rings. The Kier molecular flexibility index (Phi) is 3.20. The van der Waals surface area contributed by atoms with Crippen LogP contribution in [0, 0.1) is 12.7 Å². The van der Waals surface area contributed by atoms with Crippen molar-refractivity contribution in [2.45, 2.75) is 25.6 Å². The number of anilines is 1. The number of alkyl halides is 3. The van der Waals surface area contributed by atoms with E-state index in [0.717, 1.165) is 11.0 Å². The Morgan fingerprint density at radius 1 is 1.42 bits per heavy atom. The molecule has 0 radical (unpaired) electrons. The molecule has 19 heavy (non-hydrogen) atoms. The number of halogens is 4. The topological polar surface area (TPSA) is 29.3 Å². The van der Waals surface area contributed by atoms with Gasteiger partial charge in [0, 0.05) is 23.5 Å². The molecule has 0 aromatic heterocycles. The monoisotopic (exact) mass is 274 g/mol. The lowest BCUT2D eigenvalue weighted by molar-refractivity contribution is -0.159. The van der Waals surface area contributed by atoms with Gasteiger partial charge in [-0.3, -0.25) is 0 Å². The van der Waals surface area contributed by atoms with Gasteiger partial charge in [0.2, 0.25) is 0 Å². The van der Waals surface area contributed by atoms with Gasteiger partial charge >= 0.3 is 6.18 Å². The summed E-state index contributed by atoms with van der Waals surface area (Å²) in [6.07, 6.45) is -4.26. The van der Waals surface area contributed by atoms with Crippen LogP contribution in [-0.2, 0) is 0 Å². The molecule has 6 heteroatoms. The van der Waals surface area contributed by atoms with E-state index in [0.29, 0.717) is 5.56 Å². The number of nitrogens with zero attached hydrogens (tertiary/aromatic N) is 1. The number of hydrogen-bond acceptors (Lipinski definition) is 2. The van der Waals surface area contributed by atoms with E-state index in [-0.39, 0.29) is 29.9 Å². The average molecular weight is 274 g/mol. The molecule has 1 saturated heterocycles. The molecule has 2 nitrogen and oxygen atoms in total. The second-order valence-corrected chi connectivity index (χ2v) is 4.68. The number of hydrogen-bond donors (Lipinski definition) is 1. The zero-order valence-electron chi connectivity index (χ0n) is 10.4. The third-order valence-corrected chi connectivity index (χ3v) is 3.32. The van der Waals surface area contributed by atoms with Gasteiger partial charge in [-0.05, 0) is 31.0 Å². The molecule has 0 aliphatic carbocycles. The first kappa shape index (κ1) is 13.7. The van der Waals surface area contributed by atoms with E-state index in [1.54, 1.807) is 6.92 Å². The molecule has 2 rings (SSSR count). The number of benzene rings is 1. The van der Waals surface area contributed by atoms with Crippen molar-refractivity contribution in [3.63, 3.8) is 0 Å². The van der Waals surface area contributed by atoms with Crippen LogP contribution in [0.25, 0.3) is 5.70 Å². The third kappa shape index (κ3) is 2.39. The molecular formula is C13H14F4N2. The maximum absolute atomic E-state index is 13.9. The Labute approximate surface area is 108 Å². The molecule has 2 N–H and O–H groups in total. The fraction of sp³-hybridized carbons (Fsp3) is 0.385. The zero-order valence-corrected chi connectivity index (χ0v) is 10.4. The predicted molar refractivity (Wildman–Crippen MR) is 66.2 cm³/mol. The summed E-state index contributed by atoms with van der Waals surface area (Å²) in [5.41, 5.74) is 6.40. The van der Waals surface area contributed by atoms with E-state index in [1.165, 1.54) is 6.07 Å². The number of rotatable bonds is 2. The molecule has 1 heterocycles. The summed E-state index contributed by atoms with van der Waals surface area (Å²) in [5, 5.41) is 0. The molecule has 1 unspecified atom stereocenters. The molecular weight excluding hydrogens is 260 g/mol. The van der Waals surface area contributed by atoms with E-state index in [4.69, 9.17) is 5.73 Å². The van der Waals surface area contributed by atoms with Crippen LogP contribution in [0.1, 0.15) is 17.5 Å². The van der Waals surface area contributed by atoms with Crippen molar-refractivity contribution in [2.24, 2.45) is 5.73 Å². The number of aryl methyl sites for hydroxylation is 1. The van der Waals surface area contributed by atoms with E-state index in [9.17, 15) is 17.6 Å². The third-order valence-electron chi connectivity index (χ3n) is 3.32. The number of nitrogens with two attached hydrogens (primary N) is 1. The van der Waals surface area contributed by atoms with Crippen molar-refractivity contribution in [1.82, 2.24) is 0 Å². The Balaban J connectivity index is 2.35. The second kappa shape index (κ2) is 4.43. The van der Waals surface area contributed by atoms with Crippen LogP contribution in [0.15, 0.2) is 18.7 Å². The molecule has 0 amide bonds. The van der Waals surface area contributed by atoms with Crippen molar-refractivity contribution in [3.05, 3.63) is 35.7 Å². The predicted octanol–water partition coefficient (Wildman–Crippen LogP) is 3.20. The lowest BCUT2D eigenvalue weighted by atomic mass is 9.98. The summed E-state index contributed by atoms with van der Waals surface area (Å²) < 4.78 is 51.9. The summed E-state index contributed by atoms with van der Waals surface area (Å²) in [6, 6.07) is 1.06. The van der Waals surface area contributed by atoms with E-state index in [2.05, 4.69) is 6.58 Å². The van der Waals surface area contributed by atoms with Crippen LogP contribution in [0.5, 0.6) is 0 Å². The molecule has 1 aliphatic rings. The summed E-state index contributed by atoms with van der Waals surface area (Å²) in [5.74, 6) is -0.643. The Morgan fingerprint density at radius 2 is 2.05 bits per heavy atom. The fourth-order valence-corrected chi connectivity index (χ4v) is 2.34. The van der Waals surface area contributed by atoms with Gasteiger partial charge in [0.25, 0.3) is 0 Å². The Morgan fingerprint density at radius 3 is 2.42 bits per heavy atom. The average Bonchev–Trinajstić information content (AvgIpc) is 2.09. The quantitative estimate of drug-likeness (QED) is 0.839. The highest BCUT2D eigenvalue weighted by Crippen LogP contribution is 2.38. The highest BCUT2D eigenvalue weighted by molar-refractivity contribution is 5.68. The van der Waals surface area contributed by atoms with Crippen molar-refractivity contribution in [3.8, 4) is 0 Å². The molecule has 1 aromatic rings. The van der Waals surface area contributed by atoms with E-state index in [1.807, 2.05) is 0 Å². The van der Waals surface area contributed by atoms with Crippen molar-refractivity contribution < 1.29 is 17.6 Å². The van der Waals surface area contributed by atoms with Gasteiger partial charge in [0.05, 0.1) is 0 Å². The first-order valence-corrected chi connectivity index (χ1v) is 5.80. The summed E-state index contributed by atoms with van der Waals surface area (Å²) >= 11 is 0. The van der Waals surface area contributed by atoms with Crippen LogP contribution in [0.4, 0.5) is 23.2 Å². The van der Waals surface area contributed by atoms with Gasteiger partial charge in [-0.15, -0.1) is 0 Å². The van der Waals surface area contributed by atoms with Crippen molar-refractivity contribution in [2.75, 3.05) is 11.4 Å². The Hall–Kier alpha value is -1.72. The van der Waals surface area contributed by atoms with Gasteiger partial charge in [0.1, 0.15) is 11.9 Å². The van der Waals surface area contributed by atoms with Gasteiger partial charge in [-0.1, -0.05) is 6.58 Å². The van der Waals surface area contributed by atoms with E-state index >= 15 is 0 Å². The van der Waals surface area contributed by atoms with Gasteiger partial charge in [-0.25, -0.2) is 4.39 Å². The molecule has 104 valence electrons. The van der Waals surface area contributed by atoms with E-state index < -0.39 is 18.0 Å². The lowest BCUT2D eigenvalue weighted by Gasteiger charge is -2.43. The van der Waals surface area contributed by atoms with Gasteiger partial charge in [-0.2, -0.15) is 13.2 Å². The zero-order chi connectivity index (χ0) is 14.4. The lowest BCUT2D eigenvalue weighted by Crippen LogP contribution is -2.56. The highest BCUT2D eigenvalue weighted by atomic mass is 19.4. The normalized spacial score (nSPS) is 19.2. The minimum atomic E-state index is -4.29. The largest absolute Gasteiger partial charge is 0.408 e. The minimum absolute atomic E-state index is 0.0372. The van der Waals surface area contributed by atoms with Crippen LogP contribution >= 0.6 is 0 Å². The van der Waals surface area contributed by atoms with Crippen LogP contribution in [0.3, 0.4) is 0 Å². The maximum Gasteiger partial charge on any atom is 0.408 e. The first-order valence-electron chi connectivity index (χ1n) is 5.80. The smallest absolute Gasteiger partial charge is 0.399 e. The summed E-state index contributed by atoms with van der Waals surface area (Å²) in [6.45, 7) is 5.32. The van der Waals surface area contributed by atoms with Gasteiger partial charge < -0.3 is 10.6 Å². The second-order valence-electron chi connectivity index (χ2n) is 4.68. The van der Waals surface area contributed by atoms with Crippen LogP contribution in [0.2, 0.25) is 0 Å². The molecule has 1 atom stereocenters. The van der Waals surface area contributed by atoms with Crippen LogP contribution in [-0.4, -0.2) is 18.8 Å². The molecule has 0 bridgehead atoms. The standard InChI is InChI=1S/C13H14F4N2/c1-7-5-9(6-10(14)12(7)8(2)18)19-4-3-11(19)13(15,16)17/h5-6,11H,2-4,18H2,1H3.